The lowest BCUT2D eigenvalue weighted by Crippen LogP contribution is -2.71. The zero-order chi connectivity index (χ0) is 27.7. The van der Waals surface area contributed by atoms with Gasteiger partial charge in [0.2, 0.25) is 11.5 Å². The van der Waals surface area contributed by atoms with E-state index >= 15 is 0 Å². The van der Waals surface area contributed by atoms with Gasteiger partial charge in [0.1, 0.15) is 35.9 Å². The van der Waals surface area contributed by atoms with E-state index in [0.29, 0.717) is 24.4 Å². The summed E-state index contributed by atoms with van der Waals surface area (Å²) in [5.41, 5.74) is 14.6. The Kier molecular flexibility index (Phi) is 7.31. The molecule has 0 saturated carbocycles. The van der Waals surface area contributed by atoms with E-state index in [4.69, 9.17) is 16.3 Å². The van der Waals surface area contributed by atoms with Gasteiger partial charge in [-0.1, -0.05) is 5.16 Å². The number of hydrogen-bond donors (Lipinski definition) is 6. The van der Waals surface area contributed by atoms with Crippen LogP contribution in [0.3, 0.4) is 0 Å². The molecule has 1 aromatic heterocycles. The van der Waals surface area contributed by atoms with Crippen LogP contribution in [0, 0.1) is 0 Å². The summed E-state index contributed by atoms with van der Waals surface area (Å²) in [6, 6.07) is -0.964. The molecule has 16 nitrogen and oxygen atoms in total. The molecule has 1 saturated heterocycles. The van der Waals surface area contributed by atoms with Gasteiger partial charge < -0.3 is 36.9 Å². The first-order valence-corrected chi connectivity index (χ1v) is 13.4. The zero-order valence-corrected chi connectivity index (χ0v) is 22.2. The Labute approximate surface area is 230 Å². The molecule has 1 fully saturated rings. The van der Waals surface area contributed by atoms with E-state index in [1.54, 1.807) is 5.01 Å². The second kappa shape index (κ2) is 10.8. The summed E-state index contributed by atoms with van der Waals surface area (Å²) in [7, 11) is 1.25. The maximum Gasteiger partial charge on any atom is 0.352 e. The number of β-lactam (4-membered cyclic amide) rings is 1. The molecule has 0 spiro atoms. The summed E-state index contributed by atoms with van der Waals surface area (Å²) in [6.07, 6.45) is 7.38. The summed E-state index contributed by atoms with van der Waals surface area (Å²) in [4.78, 5) is 50.1. The fraction of sp³-hybridized carbons (Fsp3) is 0.333. The highest BCUT2D eigenvalue weighted by Crippen LogP contribution is 2.41. The number of amides is 2. The number of nitrogens with one attached hydrogen (secondary N) is 3. The van der Waals surface area contributed by atoms with Crippen LogP contribution >= 0.6 is 23.3 Å². The molecule has 4 aliphatic rings. The fourth-order valence-electron chi connectivity index (χ4n) is 4.30. The van der Waals surface area contributed by atoms with Crippen LogP contribution in [0.15, 0.2) is 52.6 Å². The van der Waals surface area contributed by atoms with Gasteiger partial charge in [-0.05, 0) is 17.7 Å². The number of aromatic nitrogens is 2. The topological polar surface area (TPSA) is 217 Å². The first kappa shape index (κ1) is 26.3. The highest BCUT2D eigenvalue weighted by Gasteiger charge is 2.54. The number of nitrogen functional groups attached to an aromatic ring is 1. The van der Waals surface area contributed by atoms with E-state index in [1.807, 2.05) is 29.5 Å². The van der Waals surface area contributed by atoms with Gasteiger partial charge in [0.05, 0.1) is 0 Å². The molecule has 0 unspecified atom stereocenters. The number of nitrogens with zero attached hydrogens (tertiary/aromatic N) is 6. The quantitative estimate of drug-likeness (QED) is 0.102. The van der Waals surface area contributed by atoms with Crippen molar-refractivity contribution in [1.29, 1.82) is 0 Å². The van der Waals surface area contributed by atoms with Crippen LogP contribution < -0.4 is 27.5 Å². The number of oxime groups is 1. The minimum atomic E-state index is -1.22. The molecule has 39 heavy (non-hydrogen) atoms. The molecule has 4 aliphatic heterocycles. The maximum atomic E-state index is 13.1. The molecular formula is C21H25N11O5S2. The predicted molar refractivity (Wildman–Crippen MR) is 142 cm³/mol. The molecule has 206 valence electrons. The molecule has 2 amide bonds. The van der Waals surface area contributed by atoms with Crippen molar-refractivity contribution in [2.45, 2.75) is 11.4 Å². The molecule has 2 atom stereocenters. The van der Waals surface area contributed by atoms with Crippen LogP contribution in [0.2, 0.25) is 0 Å². The van der Waals surface area contributed by atoms with Crippen molar-refractivity contribution in [3.8, 4) is 0 Å². The summed E-state index contributed by atoms with van der Waals surface area (Å²) in [6.45, 7) is 1.35. The third-order valence-corrected chi connectivity index (χ3v) is 7.87. The highest BCUT2D eigenvalue weighted by atomic mass is 32.2. The average molecular weight is 576 g/mol. The van der Waals surface area contributed by atoms with E-state index in [-0.39, 0.29) is 28.9 Å². The first-order chi connectivity index (χ1) is 18.8. The molecule has 0 bridgehead atoms. The normalized spacial score (nSPS) is 21.9. The van der Waals surface area contributed by atoms with Gasteiger partial charge in [-0.3, -0.25) is 19.9 Å². The molecular weight excluding hydrogens is 550 g/mol. The number of thioether (sulfide) groups is 1. The summed E-state index contributed by atoms with van der Waals surface area (Å²) >= 11 is 2.24. The van der Waals surface area contributed by atoms with Crippen molar-refractivity contribution in [2.24, 2.45) is 10.9 Å². The molecule has 1 aromatic rings. The third-order valence-electron chi connectivity index (χ3n) is 5.99. The molecule has 5 heterocycles. The highest BCUT2D eigenvalue weighted by molar-refractivity contribution is 8.00. The van der Waals surface area contributed by atoms with Crippen LogP contribution in [-0.2, 0) is 19.2 Å². The van der Waals surface area contributed by atoms with E-state index in [9.17, 15) is 19.5 Å². The fourth-order valence-corrected chi connectivity index (χ4v) is 6.07. The van der Waals surface area contributed by atoms with Crippen molar-refractivity contribution in [3.63, 3.8) is 0 Å². The number of hydrogen-bond acceptors (Lipinski definition) is 15. The number of allylic oxidation sites excluding steroid dienone is 2. The van der Waals surface area contributed by atoms with Gasteiger partial charge in [-0.2, -0.15) is 9.36 Å². The van der Waals surface area contributed by atoms with Gasteiger partial charge in [0.25, 0.3) is 11.8 Å². The van der Waals surface area contributed by atoms with Crippen LogP contribution in [0.4, 0.5) is 5.13 Å². The Bertz CT molecular complexity index is 1350. The number of nitrogens with two attached hydrogens (primary N) is 2. The molecule has 5 rings (SSSR count). The Balaban J connectivity index is 1.30. The van der Waals surface area contributed by atoms with E-state index in [1.165, 1.54) is 23.8 Å². The smallest absolute Gasteiger partial charge is 0.352 e. The largest absolute Gasteiger partial charge is 0.477 e. The zero-order valence-electron chi connectivity index (χ0n) is 20.5. The van der Waals surface area contributed by atoms with E-state index < -0.39 is 29.2 Å². The minimum absolute atomic E-state index is 0.0403. The van der Waals surface area contributed by atoms with Crippen molar-refractivity contribution in [2.75, 3.05) is 38.2 Å². The lowest BCUT2D eigenvalue weighted by atomic mass is 10.0. The predicted octanol–water partition coefficient (Wildman–Crippen LogP) is -1.95. The molecule has 0 aliphatic carbocycles. The second-order valence-corrected chi connectivity index (χ2v) is 10.3. The van der Waals surface area contributed by atoms with Crippen molar-refractivity contribution in [3.05, 3.63) is 53.3 Å². The summed E-state index contributed by atoms with van der Waals surface area (Å²) < 4.78 is 3.96. The lowest BCUT2D eigenvalue weighted by Gasteiger charge is -2.49. The van der Waals surface area contributed by atoms with Gasteiger partial charge in [0, 0.05) is 49.3 Å². The number of hydrazine groups is 1. The number of carboxylic acids is 1. The average Bonchev–Trinajstić information content (AvgIpc) is 3.54. The van der Waals surface area contributed by atoms with Gasteiger partial charge in [-0.25, -0.2) is 9.80 Å². The van der Waals surface area contributed by atoms with Crippen LogP contribution in [0.25, 0.3) is 0 Å². The molecule has 0 radical (unpaired) electrons. The van der Waals surface area contributed by atoms with Crippen LogP contribution in [0.1, 0.15) is 5.82 Å². The van der Waals surface area contributed by atoms with Crippen LogP contribution in [-0.4, -0.2) is 96.7 Å². The minimum Gasteiger partial charge on any atom is -0.477 e. The Morgan fingerprint density at radius 1 is 1.36 bits per heavy atom. The third kappa shape index (κ3) is 4.95. The lowest BCUT2D eigenvalue weighted by molar-refractivity contribution is -0.150. The monoisotopic (exact) mass is 575 g/mol. The molecule has 0 aromatic carbocycles. The molecule has 18 heteroatoms. The Morgan fingerprint density at radius 2 is 2.18 bits per heavy atom. The number of rotatable bonds is 10. The van der Waals surface area contributed by atoms with Crippen molar-refractivity contribution >= 4 is 51.9 Å². The number of anilines is 1. The van der Waals surface area contributed by atoms with Gasteiger partial charge >= 0.3 is 5.97 Å². The Hall–Kier alpha value is -4.29. The second-order valence-electron chi connectivity index (χ2n) is 8.43. The van der Waals surface area contributed by atoms with E-state index in [0.717, 1.165) is 23.2 Å². The first-order valence-electron chi connectivity index (χ1n) is 11.6. The van der Waals surface area contributed by atoms with Gasteiger partial charge in [0.15, 0.2) is 5.13 Å². The van der Waals surface area contributed by atoms with E-state index in [2.05, 4.69) is 30.6 Å². The summed E-state index contributed by atoms with van der Waals surface area (Å²) in [5.74, 6) is -0.637. The number of carbonyl (C=O) groups is 3. The number of aliphatic carboxylic acids is 1. The standard InChI is InChI=1S/C21H25N11O5S2/c1-37-28-13(16-26-21(23)39-29-16)17(33)25-14-18(34)32-15(20(35)36)10(9-38-19(14)32)8-30-6-7-31-12(30)3-2-11(27-31)24-5-4-22/h2-3,6-7,14,19,24,27H,4-5,8-9,22H2,1H3,(H,25,33)(H,35,36)(H2,23,26,29)/b28-13-/t14-,19+/m1/s1. The van der Waals surface area contributed by atoms with Crippen molar-refractivity contribution in [1.82, 2.24) is 40.2 Å². The van der Waals surface area contributed by atoms with Gasteiger partial charge in [-0.15, -0.1) is 11.8 Å². The Morgan fingerprint density at radius 3 is 2.87 bits per heavy atom. The SMILES string of the molecule is CO/N=C(\C(=O)N[C@@H]1C(=O)N2C(C(=O)O)=C(CN3C=CN4NC(NCCN)=CC=C34)CS[C@@H]12)c1nsc(N)n1. The van der Waals surface area contributed by atoms with Crippen LogP contribution in [0.5, 0.6) is 0 Å². The number of carbonyl (C=O) groups excluding carboxylic acids is 2. The maximum absolute atomic E-state index is 13.1. The number of carboxylic acid groups (broad SMARTS) is 1. The number of fused-ring (bicyclic) bond motifs is 2. The van der Waals surface area contributed by atoms with Crippen molar-refractivity contribution < 1.29 is 24.3 Å². The summed E-state index contributed by atoms with van der Waals surface area (Å²) in [5, 5.41) is 20.8. The molecule has 8 N–H and O–H groups in total.